The van der Waals surface area contributed by atoms with E-state index in [-0.39, 0.29) is 12.5 Å². The average Bonchev–Trinajstić information content (AvgIpc) is 2.67. The van der Waals surface area contributed by atoms with Crippen molar-refractivity contribution in [2.45, 2.75) is 26.9 Å². The topological polar surface area (TPSA) is 75.7 Å². The number of likely N-dealkylation sites (N-methyl/N-ethyl adjacent to an activating group) is 1. The van der Waals surface area contributed by atoms with E-state index in [1.807, 2.05) is 50.2 Å². The van der Waals surface area contributed by atoms with Crippen LogP contribution < -0.4 is 5.32 Å². The maximum absolute atomic E-state index is 12.4. The number of anilines is 1. The lowest BCUT2D eigenvalue weighted by Crippen LogP contribution is -2.41. The molecule has 0 aliphatic rings. The highest BCUT2D eigenvalue weighted by molar-refractivity contribution is 5.95. The van der Waals surface area contributed by atoms with Crippen LogP contribution in [0.15, 0.2) is 54.6 Å². The molecule has 0 bridgehead atoms. The number of carbonyl (C=O) groups is 3. The number of benzene rings is 2. The molecule has 0 saturated heterocycles. The summed E-state index contributed by atoms with van der Waals surface area (Å²) in [6.07, 6.45) is 1.91. The van der Waals surface area contributed by atoms with Crippen LogP contribution in [0.3, 0.4) is 0 Å². The molecule has 2 amide bonds. The highest BCUT2D eigenvalue weighted by atomic mass is 16.5. The number of hydrogen-bond donors (Lipinski definition) is 1. The van der Waals surface area contributed by atoms with Gasteiger partial charge in [0.25, 0.3) is 5.91 Å². The molecule has 0 aliphatic carbocycles. The lowest BCUT2D eigenvalue weighted by molar-refractivity contribution is -0.154. The zero-order valence-corrected chi connectivity index (χ0v) is 17.1. The Morgan fingerprint density at radius 1 is 1.07 bits per heavy atom. The van der Waals surface area contributed by atoms with Crippen LogP contribution in [-0.4, -0.2) is 42.4 Å². The molecule has 0 unspecified atom stereocenters. The second-order valence-electron chi connectivity index (χ2n) is 6.94. The minimum absolute atomic E-state index is 0.145. The van der Waals surface area contributed by atoms with Crippen LogP contribution in [0.4, 0.5) is 5.69 Å². The summed E-state index contributed by atoms with van der Waals surface area (Å²) in [6, 6.07) is 15.0. The first-order valence-electron chi connectivity index (χ1n) is 9.31. The van der Waals surface area contributed by atoms with Crippen LogP contribution >= 0.6 is 0 Å². The molecule has 2 aromatic carbocycles. The number of amides is 2. The molecular formula is C23H26N2O4. The first kappa shape index (κ1) is 21.9. The Hall–Kier alpha value is -3.41. The molecule has 29 heavy (non-hydrogen) atoms. The van der Waals surface area contributed by atoms with Gasteiger partial charge in [0.05, 0.1) is 6.54 Å². The third-order valence-corrected chi connectivity index (χ3v) is 4.19. The second-order valence-corrected chi connectivity index (χ2v) is 6.94. The average molecular weight is 394 g/mol. The predicted octanol–water partition coefficient (Wildman–Crippen LogP) is 3.35. The van der Waals surface area contributed by atoms with E-state index in [0.717, 1.165) is 16.7 Å². The third-order valence-electron chi connectivity index (χ3n) is 4.19. The molecule has 0 radical (unpaired) electrons. The summed E-state index contributed by atoms with van der Waals surface area (Å²) in [5.74, 6) is -1.41. The molecule has 6 nitrogen and oxygen atoms in total. The first-order chi connectivity index (χ1) is 13.7. The van der Waals surface area contributed by atoms with E-state index in [0.29, 0.717) is 5.69 Å². The van der Waals surface area contributed by atoms with E-state index in [1.54, 1.807) is 18.2 Å². The van der Waals surface area contributed by atoms with Crippen LogP contribution in [0.5, 0.6) is 0 Å². The van der Waals surface area contributed by atoms with Gasteiger partial charge in [-0.2, -0.15) is 0 Å². The molecule has 2 rings (SSSR count). The van der Waals surface area contributed by atoms with Crippen molar-refractivity contribution in [1.29, 1.82) is 0 Å². The molecule has 0 aromatic heterocycles. The van der Waals surface area contributed by atoms with E-state index in [1.165, 1.54) is 24.9 Å². The van der Waals surface area contributed by atoms with Crippen LogP contribution in [0.2, 0.25) is 0 Å². The maximum atomic E-state index is 12.4. The van der Waals surface area contributed by atoms with E-state index in [9.17, 15) is 14.4 Å². The van der Waals surface area contributed by atoms with Gasteiger partial charge < -0.3 is 15.0 Å². The van der Waals surface area contributed by atoms with Crippen molar-refractivity contribution in [2.75, 3.05) is 18.9 Å². The number of hydrogen-bond acceptors (Lipinski definition) is 4. The van der Waals surface area contributed by atoms with Crippen molar-refractivity contribution in [3.05, 3.63) is 71.3 Å². The SMILES string of the molecule is Cc1ccc(NC(=O)CN(C)C(=O)[C@@H](C)OC(=O)/C=C/c2cccc(C)c2)cc1. The number of nitrogens with one attached hydrogen (secondary N) is 1. The van der Waals surface area contributed by atoms with Gasteiger partial charge >= 0.3 is 5.97 Å². The Morgan fingerprint density at radius 2 is 1.76 bits per heavy atom. The summed E-state index contributed by atoms with van der Waals surface area (Å²) in [5.41, 5.74) is 3.69. The molecule has 1 N–H and O–H groups in total. The maximum Gasteiger partial charge on any atom is 0.331 e. The summed E-state index contributed by atoms with van der Waals surface area (Å²) < 4.78 is 5.15. The highest BCUT2D eigenvalue weighted by Crippen LogP contribution is 2.09. The fourth-order valence-electron chi connectivity index (χ4n) is 2.64. The number of rotatable bonds is 7. The van der Waals surface area contributed by atoms with Gasteiger partial charge in [-0.05, 0) is 44.5 Å². The molecule has 0 saturated carbocycles. The third kappa shape index (κ3) is 7.25. The Morgan fingerprint density at radius 3 is 2.41 bits per heavy atom. The lowest BCUT2D eigenvalue weighted by Gasteiger charge is -2.20. The van der Waals surface area contributed by atoms with Gasteiger partial charge in [0.15, 0.2) is 6.10 Å². The van der Waals surface area contributed by atoms with Gasteiger partial charge in [-0.15, -0.1) is 0 Å². The van der Waals surface area contributed by atoms with Gasteiger partial charge in [0.1, 0.15) is 0 Å². The van der Waals surface area contributed by atoms with Crippen LogP contribution in [0, 0.1) is 13.8 Å². The standard InChI is InChI=1S/C23H26N2O4/c1-16-8-11-20(12-9-16)24-21(26)15-25(4)23(28)18(3)29-22(27)13-10-19-7-5-6-17(2)14-19/h5-14,18H,15H2,1-4H3,(H,24,26)/b13-10+/t18-/m1/s1. The van der Waals surface area contributed by atoms with Gasteiger partial charge in [-0.25, -0.2) is 4.79 Å². The van der Waals surface area contributed by atoms with Crippen molar-refractivity contribution >= 4 is 29.5 Å². The largest absolute Gasteiger partial charge is 0.449 e. The van der Waals surface area contributed by atoms with Crippen LogP contribution in [-0.2, 0) is 19.1 Å². The van der Waals surface area contributed by atoms with E-state index >= 15 is 0 Å². The van der Waals surface area contributed by atoms with E-state index in [2.05, 4.69) is 5.32 Å². The number of esters is 1. The highest BCUT2D eigenvalue weighted by Gasteiger charge is 2.22. The number of ether oxygens (including phenoxy) is 1. The summed E-state index contributed by atoms with van der Waals surface area (Å²) >= 11 is 0. The molecule has 0 spiro atoms. The smallest absolute Gasteiger partial charge is 0.331 e. The minimum atomic E-state index is -0.998. The first-order valence-corrected chi connectivity index (χ1v) is 9.31. The Balaban J connectivity index is 1.83. The van der Waals surface area contributed by atoms with Crippen molar-refractivity contribution in [3.63, 3.8) is 0 Å². The predicted molar refractivity (Wildman–Crippen MR) is 113 cm³/mol. The Labute approximate surface area is 171 Å². The molecule has 0 heterocycles. The summed E-state index contributed by atoms with van der Waals surface area (Å²) in [6.45, 7) is 5.25. The van der Waals surface area contributed by atoms with Crippen molar-refractivity contribution in [1.82, 2.24) is 4.90 Å². The van der Waals surface area contributed by atoms with E-state index < -0.39 is 18.0 Å². The quantitative estimate of drug-likeness (QED) is 0.577. The molecule has 1 atom stereocenters. The Bertz CT molecular complexity index is 903. The fraction of sp³-hybridized carbons (Fsp3) is 0.261. The molecule has 0 aliphatic heterocycles. The normalized spacial score (nSPS) is 11.7. The summed E-state index contributed by atoms with van der Waals surface area (Å²) in [5, 5.41) is 2.73. The van der Waals surface area contributed by atoms with Crippen molar-refractivity contribution < 1.29 is 19.1 Å². The number of carbonyl (C=O) groups excluding carboxylic acids is 3. The zero-order chi connectivity index (χ0) is 21.4. The van der Waals surface area contributed by atoms with Gasteiger partial charge in [0.2, 0.25) is 5.91 Å². The minimum Gasteiger partial charge on any atom is -0.449 e. The van der Waals surface area contributed by atoms with Crippen LogP contribution in [0.25, 0.3) is 6.08 Å². The van der Waals surface area contributed by atoms with Crippen molar-refractivity contribution in [3.8, 4) is 0 Å². The van der Waals surface area contributed by atoms with Gasteiger partial charge in [-0.1, -0.05) is 47.5 Å². The Kier molecular flexibility index (Phi) is 7.71. The second kappa shape index (κ2) is 10.2. The van der Waals surface area contributed by atoms with Crippen molar-refractivity contribution in [2.24, 2.45) is 0 Å². The van der Waals surface area contributed by atoms with Crippen LogP contribution in [0.1, 0.15) is 23.6 Å². The zero-order valence-electron chi connectivity index (χ0n) is 17.1. The van der Waals surface area contributed by atoms with Gasteiger partial charge in [-0.3, -0.25) is 9.59 Å². The summed E-state index contributed by atoms with van der Waals surface area (Å²) in [4.78, 5) is 37.7. The molecule has 6 heteroatoms. The molecular weight excluding hydrogens is 368 g/mol. The van der Waals surface area contributed by atoms with E-state index in [4.69, 9.17) is 4.74 Å². The molecule has 2 aromatic rings. The molecule has 152 valence electrons. The molecule has 0 fully saturated rings. The summed E-state index contributed by atoms with van der Waals surface area (Å²) in [7, 11) is 1.49. The van der Waals surface area contributed by atoms with Gasteiger partial charge in [0, 0.05) is 18.8 Å². The number of nitrogens with zero attached hydrogens (tertiary/aromatic N) is 1. The number of aryl methyl sites for hydroxylation is 2. The lowest BCUT2D eigenvalue weighted by atomic mass is 10.1. The monoisotopic (exact) mass is 394 g/mol. The fourth-order valence-corrected chi connectivity index (χ4v) is 2.64.